The zero-order valence-corrected chi connectivity index (χ0v) is 12.9. The van der Waals surface area contributed by atoms with E-state index in [0.29, 0.717) is 24.0 Å². The summed E-state index contributed by atoms with van der Waals surface area (Å²) in [5, 5.41) is 7.82. The molecule has 0 saturated carbocycles. The van der Waals surface area contributed by atoms with E-state index < -0.39 is 32.1 Å². The van der Waals surface area contributed by atoms with Gasteiger partial charge in [-0.15, -0.1) is 0 Å². The topological polar surface area (TPSA) is 57.9 Å². The Morgan fingerprint density at radius 2 is 1.91 bits per heavy atom. The predicted octanol–water partition coefficient (Wildman–Crippen LogP) is 3.70. The van der Waals surface area contributed by atoms with Crippen LogP contribution in [0, 0.1) is 11.3 Å². The van der Waals surface area contributed by atoms with Gasteiger partial charge in [0.2, 0.25) is 0 Å². The number of benzene rings is 1. The van der Waals surface area contributed by atoms with Crippen molar-refractivity contribution in [3.63, 3.8) is 0 Å². The fraction of sp³-hybridized carbons (Fsp3) is 0.438. The number of fused-ring (bicyclic) bond motifs is 2. The molecule has 2 unspecified atom stereocenters. The zero-order chi connectivity index (χ0) is 16.8. The van der Waals surface area contributed by atoms with E-state index in [9.17, 15) is 21.6 Å². The zero-order valence-electron chi connectivity index (χ0n) is 12.1. The second-order valence-electron chi connectivity index (χ2n) is 5.99. The average Bonchev–Trinajstić information content (AvgIpc) is 2.44. The van der Waals surface area contributed by atoms with Gasteiger partial charge in [0.15, 0.2) is 9.84 Å². The van der Waals surface area contributed by atoms with Crippen LogP contribution in [-0.2, 0) is 16.0 Å². The highest BCUT2D eigenvalue weighted by Crippen LogP contribution is 2.40. The summed E-state index contributed by atoms with van der Waals surface area (Å²) in [6, 6.07) is 4.95. The van der Waals surface area contributed by atoms with Crippen molar-refractivity contribution in [3.05, 3.63) is 41.0 Å². The van der Waals surface area contributed by atoms with Crippen molar-refractivity contribution < 1.29 is 21.6 Å². The highest BCUT2D eigenvalue weighted by Gasteiger charge is 2.41. The standard InChI is InChI=1S/C16H14F3NO2S/c17-16(18,19)13-5-10(9-20)4-11(6-13)12-7-14-2-1-3-15(8-12)23(14,21)22/h4-7,14-15H,1-3,8H2. The van der Waals surface area contributed by atoms with E-state index in [-0.39, 0.29) is 12.0 Å². The molecule has 0 aliphatic carbocycles. The van der Waals surface area contributed by atoms with Gasteiger partial charge in [0.25, 0.3) is 0 Å². The quantitative estimate of drug-likeness (QED) is 0.782. The fourth-order valence-electron chi connectivity index (χ4n) is 3.31. The molecule has 0 aromatic heterocycles. The second kappa shape index (κ2) is 5.38. The summed E-state index contributed by atoms with van der Waals surface area (Å²) < 4.78 is 63.4. The van der Waals surface area contributed by atoms with E-state index in [0.717, 1.165) is 18.6 Å². The number of alkyl halides is 3. The van der Waals surface area contributed by atoms with E-state index in [1.807, 2.05) is 0 Å². The minimum Gasteiger partial charge on any atom is -0.228 e. The molecule has 1 fully saturated rings. The second-order valence-corrected chi connectivity index (χ2v) is 8.44. The maximum Gasteiger partial charge on any atom is 0.416 e. The number of nitriles is 1. The Morgan fingerprint density at radius 1 is 1.17 bits per heavy atom. The number of rotatable bonds is 1. The van der Waals surface area contributed by atoms with E-state index in [2.05, 4.69) is 0 Å². The van der Waals surface area contributed by atoms with Crippen molar-refractivity contribution in [2.24, 2.45) is 0 Å². The maximum atomic E-state index is 13.0. The van der Waals surface area contributed by atoms with Gasteiger partial charge in [0.1, 0.15) is 0 Å². The van der Waals surface area contributed by atoms with E-state index in [1.165, 1.54) is 6.07 Å². The largest absolute Gasteiger partial charge is 0.416 e. The number of hydrogen-bond acceptors (Lipinski definition) is 3. The van der Waals surface area contributed by atoms with Crippen LogP contribution in [0.3, 0.4) is 0 Å². The normalized spacial score (nSPS) is 26.3. The van der Waals surface area contributed by atoms with Crippen molar-refractivity contribution in [3.8, 4) is 6.07 Å². The monoisotopic (exact) mass is 341 g/mol. The molecule has 0 amide bonds. The molecule has 2 aliphatic heterocycles. The van der Waals surface area contributed by atoms with Crippen molar-refractivity contribution in [2.45, 2.75) is 42.4 Å². The molecule has 1 aromatic rings. The lowest BCUT2D eigenvalue weighted by molar-refractivity contribution is -0.137. The summed E-state index contributed by atoms with van der Waals surface area (Å²) in [5.74, 6) is 0. The number of allylic oxidation sites excluding steroid dienone is 1. The van der Waals surface area contributed by atoms with E-state index in [4.69, 9.17) is 5.26 Å². The fourth-order valence-corrected chi connectivity index (χ4v) is 5.56. The summed E-state index contributed by atoms with van der Waals surface area (Å²) in [7, 11) is -3.22. The molecule has 0 N–H and O–H groups in total. The Morgan fingerprint density at radius 3 is 2.52 bits per heavy atom. The summed E-state index contributed by atoms with van der Waals surface area (Å²) in [6.07, 6.45) is -0.900. The molecule has 1 saturated heterocycles. The summed E-state index contributed by atoms with van der Waals surface area (Å²) in [4.78, 5) is 0. The van der Waals surface area contributed by atoms with Crippen LogP contribution in [0.15, 0.2) is 24.3 Å². The highest BCUT2D eigenvalue weighted by molar-refractivity contribution is 7.93. The van der Waals surface area contributed by atoms with Crippen molar-refractivity contribution in [1.29, 1.82) is 5.26 Å². The lowest BCUT2D eigenvalue weighted by Crippen LogP contribution is -2.38. The SMILES string of the molecule is N#Cc1cc(C2=CC3CCCC(C2)S3(=O)=O)cc(C(F)(F)F)c1. The first-order valence-corrected chi connectivity index (χ1v) is 8.89. The highest BCUT2D eigenvalue weighted by atomic mass is 32.2. The molecule has 2 aliphatic rings. The molecule has 2 heterocycles. The lowest BCUT2D eigenvalue weighted by atomic mass is 9.91. The maximum absolute atomic E-state index is 13.0. The van der Waals surface area contributed by atoms with Crippen LogP contribution in [-0.4, -0.2) is 18.9 Å². The number of halogens is 3. The molecular weight excluding hydrogens is 327 g/mol. The van der Waals surface area contributed by atoms with E-state index >= 15 is 0 Å². The third-order valence-corrected chi connectivity index (χ3v) is 7.04. The smallest absolute Gasteiger partial charge is 0.228 e. The Bertz CT molecular complexity index is 819. The van der Waals surface area contributed by atoms with Gasteiger partial charge in [0.05, 0.1) is 27.7 Å². The molecule has 0 spiro atoms. The number of sulfone groups is 1. The van der Waals surface area contributed by atoms with Crippen molar-refractivity contribution >= 4 is 15.4 Å². The minimum atomic E-state index is -4.54. The number of hydrogen-bond donors (Lipinski definition) is 0. The Kier molecular flexibility index (Phi) is 3.75. The van der Waals surface area contributed by atoms with Gasteiger partial charge in [-0.3, -0.25) is 0 Å². The lowest BCUT2D eigenvalue weighted by Gasteiger charge is -2.33. The molecule has 2 atom stereocenters. The van der Waals surface area contributed by atoms with Gasteiger partial charge in [-0.05, 0) is 48.6 Å². The molecule has 1 aromatic carbocycles. The molecular formula is C16H14F3NO2S. The van der Waals surface area contributed by atoms with Gasteiger partial charge in [-0.25, -0.2) is 8.42 Å². The van der Waals surface area contributed by atoms with Crippen LogP contribution in [0.25, 0.3) is 5.57 Å². The summed E-state index contributed by atoms with van der Waals surface area (Å²) >= 11 is 0. The predicted molar refractivity (Wildman–Crippen MR) is 79.1 cm³/mol. The van der Waals surface area contributed by atoms with Crippen LogP contribution < -0.4 is 0 Å². The van der Waals surface area contributed by atoms with Gasteiger partial charge < -0.3 is 0 Å². The molecule has 3 nitrogen and oxygen atoms in total. The summed E-state index contributed by atoms with van der Waals surface area (Å²) in [5.41, 5.74) is -0.0688. The van der Waals surface area contributed by atoms with Crippen molar-refractivity contribution in [2.75, 3.05) is 0 Å². The third kappa shape index (κ3) is 2.88. The number of nitrogens with zero attached hydrogens (tertiary/aromatic N) is 1. The third-order valence-electron chi connectivity index (χ3n) is 4.50. The first-order chi connectivity index (χ1) is 10.7. The van der Waals surface area contributed by atoms with Gasteiger partial charge in [0, 0.05) is 0 Å². The molecule has 3 rings (SSSR count). The van der Waals surface area contributed by atoms with Crippen LogP contribution >= 0.6 is 0 Å². The Balaban J connectivity index is 2.09. The van der Waals surface area contributed by atoms with Crippen molar-refractivity contribution in [1.82, 2.24) is 0 Å². The van der Waals surface area contributed by atoms with Gasteiger partial charge in [-0.1, -0.05) is 12.5 Å². The molecule has 122 valence electrons. The molecule has 2 bridgehead atoms. The van der Waals surface area contributed by atoms with Crippen LogP contribution in [0.5, 0.6) is 0 Å². The first-order valence-electron chi connectivity index (χ1n) is 7.28. The molecule has 0 radical (unpaired) electrons. The molecule has 23 heavy (non-hydrogen) atoms. The summed E-state index contributed by atoms with van der Waals surface area (Å²) in [6.45, 7) is 0. The van der Waals surface area contributed by atoms with Crippen LogP contribution in [0.4, 0.5) is 13.2 Å². The first kappa shape index (κ1) is 16.1. The average molecular weight is 341 g/mol. The van der Waals surface area contributed by atoms with Gasteiger partial charge >= 0.3 is 6.18 Å². The van der Waals surface area contributed by atoms with Crippen LogP contribution in [0.2, 0.25) is 0 Å². The Labute approximate surface area is 132 Å². The van der Waals surface area contributed by atoms with E-state index in [1.54, 1.807) is 12.1 Å². The minimum absolute atomic E-state index is 0.0747. The Hall–Kier alpha value is -1.81. The van der Waals surface area contributed by atoms with Gasteiger partial charge in [-0.2, -0.15) is 18.4 Å². The van der Waals surface area contributed by atoms with Crippen LogP contribution in [0.1, 0.15) is 42.4 Å². The molecule has 7 heteroatoms.